The number of nitrogens with zero attached hydrogens (tertiary/aromatic N) is 2. The normalized spacial score (nSPS) is 20.3. The molecular formula is C13H18ClN3O2. The SMILES string of the molecule is Cc1cc([N+](=O)[O-])c(Cl)cc1NC1CCCN(C)C1. The van der Waals surface area contributed by atoms with Gasteiger partial charge in [0.1, 0.15) is 5.02 Å². The zero-order valence-electron chi connectivity index (χ0n) is 11.1. The molecule has 0 spiro atoms. The molecule has 1 fully saturated rings. The highest BCUT2D eigenvalue weighted by molar-refractivity contribution is 6.33. The van der Waals surface area contributed by atoms with E-state index >= 15 is 0 Å². The number of benzene rings is 1. The predicted molar refractivity (Wildman–Crippen MR) is 77.0 cm³/mol. The summed E-state index contributed by atoms with van der Waals surface area (Å²) in [5, 5.41) is 14.4. The molecule has 2 rings (SSSR count). The number of anilines is 1. The average Bonchev–Trinajstić information content (AvgIpc) is 2.33. The fourth-order valence-corrected chi connectivity index (χ4v) is 2.70. The van der Waals surface area contributed by atoms with Crippen molar-refractivity contribution in [1.82, 2.24) is 4.90 Å². The topological polar surface area (TPSA) is 58.4 Å². The fourth-order valence-electron chi connectivity index (χ4n) is 2.47. The molecule has 1 aliphatic rings. The Labute approximate surface area is 117 Å². The second kappa shape index (κ2) is 5.75. The highest BCUT2D eigenvalue weighted by atomic mass is 35.5. The minimum absolute atomic E-state index is 0.0366. The molecule has 1 aromatic rings. The molecule has 1 N–H and O–H groups in total. The first-order chi connectivity index (χ1) is 8.97. The Bertz CT molecular complexity index is 493. The number of likely N-dealkylation sites (N-methyl/N-ethyl adjacent to an activating group) is 1. The number of rotatable bonds is 3. The van der Waals surface area contributed by atoms with Crippen LogP contribution >= 0.6 is 11.6 Å². The zero-order valence-corrected chi connectivity index (χ0v) is 11.9. The summed E-state index contributed by atoms with van der Waals surface area (Å²) in [7, 11) is 2.10. The Hall–Kier alpha value is -1.33. The van der Waals surface area contributed by atoms with Gasteiger partial charge in [0.05, 0.1) is 4.92 Å². The smallest absolute Gasteiger partial charge is 0.288 e. The highest BCUT2D eigenvalue weighted by Gasteiger charge is 2.20. The van der Waals surface area contributed by atoms with Crippen LogP contribution in [0.3, 0.4) is 0 Å². The lowest BCUT2D eigenvalue weighted by Crippen LogP contribution is -2.39. The lowest BCUT2D eigenvalue weighted by atomic mass is 10.0. The van der Waals surface area contributed by atoms with Crippen LogP contribution in [0.5, 0.6) is 0 Å². The lowest BCUT2D eigenvalue weighted by molar-refractivity contribution is -0.384. The van der Waals surface area contributed by atoms with Gasteiger partial charge < -0.3 is 10.2 Å². The van der Waals surface area contributed by atoms with E-state index in [9.17, 15) is 10.1 Å². The van der Waals surface area contributed by atoms with Gasteiger partial charge in [0, 0.05) is 24.3 Å². The summed E-state index contributed by atoms with van der Waals surface area (Å²) < 4.78 is 0. The van der Waals surface area contributed by atoms with Gasteiger partial charge in [0.15, 0.2) is 0 Å². The minimum Gasteiger partial charge on any atom is -0.381 e. The molecule has 0 aromatic heterocycles. The summed E-state index contributed by atoms with van der Waals surface area (Å²) in [5.74, 6) is 0. The number of halogens is 1. The summed E-state index contributed by atoms with van der Waals surface area (Å²) in [6.07, 6.45) is 2.27. The molecule has 0 bridgehead atoms. The maximum Gasteiger partial charge on any atom is 0.288 e. The van der Waals surface area contributed by atoms with Crippen LogP contribution < -0.4 is 5.32 Å². The van der Waals surface area contributed by atoms with Crippen LogP contribution in [0.15, 0.2) is 12.1 Å². The largest absolute Gasteiger partial charge is 0.381 e. The van der Waals surface area contributed by atoms with Crippen LogP contribution in [0.2, 0.25) is 5.02 Å². The second-order valence-corrected chi connectivity index (χ2v) is 5.53. The van der Waals surface area contributed by atoms with Crippen LogP contribution in [-0.2, 0) is 0 Å². The number of nitrogens with one attached hydrogen (secondary N) is 1. The second-order valence-electron chi connectivity index (χ2n) is 5.12. The summed E-state index contributed by atoms with van der Waals surface area (Å²) in [6.45, 7) is 3.96. The van der Waals surface area contributed by atoms with Gasteiger partial charge in [-0.1, -0.05) is 11.6 Å². The molecule has 0 amide bonds. The molecule has 0 radical (unpaired) electrons. The average molecular weight is 284 g/mol. The molecule has 1 heterocycles. The molecule has 6 heteroatoms. The van der Waals surface area contributed by atoms with Crippen LogP contribution in [0.4, 0.5) is 11.4 Å². The van der Waals surface area contributed by atoms with E-state index in [2.05, 4.69) is 17.3 Å². The van der Waals surface area contributed by atoms with Crippen molar-refractivity contribution in [3.05, 3.63) is 32.8 Å². The number of likely N-dealkylation sites (tertiary alicyclic amines) is 1. The number of aryl methyl sites for hydroxylation is 1. The molecule has 1 unspecified atom stereocenters. The summed E-state index contributed by atoms with van der Waals surface area (Å²) in [6, 6.07) is 3.55. The molecular weight excluding hydrogens is 266 g/mol. The molecule has 0 aliphatic carbocycles. The van der Waals surface area contributed by atoms with Crippen LogP contribution in [-0.4, -0.2) is 36.0 Å². The van der Waals surface area contributed by atoms with E-state index in [1.807, 2.05) is 6.92 Å². The Morgan fingerprint density at radius 3 is 2.89 bits per heavy atom. The molecule has 1 aromatic carbocycles. The monoisotopic (exact) mass is 283 g/mol. The Balaban J connectivity index is 2.16. The van der Waals surface area contributed by atoms with E-state index in [-0.39, 0.29) is 10.7 Å². The van der Waals surface area contributed by atoms with E-state index in [1.165, 1.54) is 6.07 Å². The van der Waals surface area contributed by atoms with E-state index in [4.69, 9.17) is 11.6 Å². The molecule has 5 nitrogen and oxygen atoms in total. The first kappa shape index (κ1) is 14.1. The van der Waals surface area contributed by atoms with Gasteiger partial charge in [-0.3, -0.25) is 10.1 Å². The molecule has 0 saturated carbocycles. The van der Waals surface area contributed by atoms with Crippen LogP contribution in [0, 0.1) is 17.0 Å². The Kier molecular flexibility index (Phi) is 4.27. The van der Waals surface area contributed by atoms with E-state index < -0.39 is 4.92 Å². The number of hydrogen-bond donors (Lipinski definition) is 1. The van der Waals surface area contributed by atoms with Crippen molar-refractivity contribution in [2.45, 2.75) is 25.8 Å². The van der Waals surface area contributed by atoms with Crippen molar-refractivity contribution in [3.63, 3.8) is 0 Å². The van der Waals surface area contributed by atoms with Crippen molar-refractivity contribution < 1.29 is 4.92 Å². The van der Waals surface area contributed by atoms with Gasteiger partial charge in [-0.25, -0.2) is 0 Å². The Morgan fingerprint density at radius 2 is 2.26 bits per heavy atom. The van der Waals surface area contributed by atoms with Gasteiger partial charge in [-0.05, 0) is 45.0 Å². The highest BCUT2D eigenvalue weighted by Crippen LogP contribution is 2.31. The third kappa shape index (κ3) is 3.36. The van der Waals surface area contributed by atoms with E-state index in [1.54, 1.807) is 6.07 Å². The number of hydrogen-bond acceptors (Lipinski definition) is 4. The van der Waals surface area contributed by atoms with Crippen molar-refractivity contribution in [2.24, 2.45) is 0 Å². The maximum atomic E-state index is 10.8. The van der Waals surface area contributed by atoms with E-state index in [0.29, 0.717) is 6.04 Å². The molecule has 1 aliphatic heterocycles. The third-order valence-electron chi connectivity index (χ3n) is 3.47. The number of nitro benzene ring substituents is 1. The van der Waals surface area contributed by atoms with Gasteiger partial charge in [-0.15, -0.1) is 0 Å². The Morgan fingerprint density at radius 1 is 1.53 bits per heavy atom. The minimum atomic E-state index is -0.451. The van der Waals surface area contributed by atoms with Gasteiger partial charge in [0.2, 0.25) is 0 Å². The first-order valence-corrected chi connectivity index (χ1v) is 6.75. The number of piperidine rings is 1. The van der Waals surface area contributed by atoms with E-state index in [0.717, 1.165) is 37.2 Å². The lowest BCUT2D eigenvalue weighted by Gasteiger charge is -2.31. The standard InChI is InChI=1S/C13H18ClN3O2/c1-9-6-13(17(18)19)11(14)7-12(9)15-10-4-3-5-16(2)8-10/h6-7,10,15H,3-5,8H2,1-2H3. The molecule has 1 saturated heterocycles. The van der Waals surface area contributed by atoms with Crippen molar-refractivity contribution >= 4 is 23.0 Å². The maximum absolute atomic E-state index is 10.8. The fraction of sp³-hybridized carbons (Fsp3) is 0.538. The predicted octanol–water partition coefficient (Wildman–Crippen LogP) is 3.06. The molecule has 1 atom stereocenters. The van der Waals surface area contributed by atoms with Gasteiger partial charge in [-0.2, -0.15) is 0 Å². The molecule has 104 valence electrons. The third-order valence-corrected chi connectivity index (χ3v) is 3.78. The van der Waals surface area contributed by atoms with Crippen molar-refractivity contribution in [1.29, 1.82) is 0 Å². The quantitative estimate of drug-likeness (QED) is 0.684. The van der Waals surface area contributed by atoms with Crippen LogP contribution in [0.1, 0.15) is 18.4 Å². The van der Waals surface area contributed by atoms with Crippen molar-refractivity contribution in [3.8, 4) is 0 Å². The summed E-state index contributed by atoms with van der Waals surface area (Å²) in [4.78, 5) is 12.6. The molecule has 19 heavy (non-hydrogen) atoms. The number of nitro groups is 1. The van der Waals surface area contributed by atoms with Gasteiger partial charge in [0.25, 0.3) is 5.69 Å². The summed E-state index contributed by atoms with van der Waals surface area (Å²) >= 11 is 5.95. The summed E-state index contributed by atoms with van der Waals surface area (Å²) in [5.41, 5.74) is 1.70. The first-order valence-electron chi connectivity index (χ1n) is 6.37. The zero-order chi connectivity index (χ0) is 14.0. The van der Waals surface area contributed by atoms with Crippen LogP contribution in [0.25, 0.3) is 0 Å². The van der Waals surface area contributed by atoms with Crippen molar-refractivity contribution in [2.75, 3.05) is 25.5 Å². The van der Waals surface area contributed by atoms with Gasteiger partial charge >= 0.3 is 0 Å².